The quantitative estimate of drug-likeness (QED) is 0.221. The summed E-state index contributed by atoms with van der Waals surface area (Å²) in [6.45, 7) is 3.39. The molecule has 3 aromatic rings. The molecule has 4 heterocycles. The van der Waals surface area contributed by atoms with Gasteiger partial charge in [0, 0.05) is 78.6 Å². The van der Waals surface area contributed by atoms with E-state index in [9.17, 15) is 26.7 Å². The first-order valence-corrected chi connectivity index (χ1v) is 16.0. The van der Waals surface area contributed by atoms with E-state index in [1.54, 1.807) is 10.2 Å². The van der Waals surface area contributed by atoms with Gasteiger partial charge in [0.25, 0.3) is 5.92 Å². The van der Waals surface area contributed by atoms with Gasteiger partial charge in [0.1, 0.15) is 11.5 Å². The van der Waals surface area contributed by atoms with Crippen molar-refractivity contribution in [2.75, 3.05) is 18.4 Å². The number of amides is 2. The first kappa shape index (κ1) is 29.6. The molecular formula is C25H28F5IN6OS. The number of urea groups is 1. The van der Waals surface area contributed by atoms with Crippen molar-refractivity contribution in [2.24, 2.45) is 0 Å². The molecule has 1 saturated heterocycles. The topological polar surface area (TPSA) is 75.1 Å². The Balaban J connectivity index is 0.00000172. The van der Waals surface area contributed by atoms with E-state index < -0.39 is 36.0 Å². The van der Waals surface area contributed by atoms with Crippen molar-refractivity contribution in [3.8, 4) is 11.3 Å². The zero-order chi connectivity index (χ0) is 28.3. The predicted molar refractivity (Wildman–Crippen MR) is 151 cm³/mol. The number of fused-ring (bicyclic) bond motifs is 1. The number of hydrogen-bond donors (Lipinski definition) is 2. The zero-order valence-electron chi connectivity index (χ0n) is 21.3. The molecule has 39 heavy (non-hydrogen) atoms. The molecule has 14 heteroatoms. The first-order valence-electron chi connectivity index (χ1n) is 12.7. The van der Waals surface area contributed by atoms with Crippen LogP contribution in [0.25, 0.3) is 22.3 Å². The SMILES string of the molecule is CC.O=C(NC1CCCC(Nc2nc(-c3cn(SI)c4ncc(F)cc34)c(F)cc2F)C1)N1CCC(F)(F)C1. The Morgan fingerprint density at radius 2 is 1.90 bits per heavy atom. The molecule has 2 atom stereocenters. The largest absolute Gasteiger partial charge is 0.365 e. The van der Waals surface area contributed by atoms with Crippen molar-refractivity contribution in [1.29, 1.82) is 0 Å². The number of carbonyl (C=O) groups excluding carboxylic acids is 1. The van der Waals surface area contributed by atoms with E-state index in [0.717, 1.165) is 17.2 Å². The first-order chi connectivity index (χ1) is 18.6. The maximum absolute atomic E-state index is 14.9. The molecular weight excluding hydrogens is 654 g/mol. The molecule has 0 spiro atoms. The number of halogens is 6. The summed E-state index contributed by atoms with van der Waals surface area (Å²) in [6, 6.07) is 0.839. The third-order valence-electron chi connectivity index (χ3n) is 6.64. The molecule has 2 fully saturated rings. The molecule has 1 aliphatic carbocycles. The standard InChI is InChI=1S/C23H22F5IN6OS.C2H6/c24-12-6-15-16(10-35(37-29)21(15)30-9-12)19-17(25)8-18(26)20(33-19)31-13-2-1-3-14(7-13)32-22(36)34-5-4-23(27,28)11-34;1-2/h6,8-10,13-14H,1-5,7,11H2,(H,31,33)(H,32,36);1-2H3. The summed E-state index contributed by atoms with van der Waals surface area (Å²) in [5.41, 5.74) is 0.529. The Bertz CT molecular complexity index is 1340. The molecule has 3 aromatic heterocycles. The molecule has 1 aliphatic heterocycles. The molecule has 2 unspecified atom stereocenters. The van der Waals surface area contributed by atoms with Gasteiger partial charge in [-0.15, -0.1) is 0 Å². The van der Waals surface area contributed by atoms with Gasteiger partial charge in [-0.1, -0.05) is 13.8 Å². The van der Waals surface area contributed by atoms with Gasteiger partial charge in [0.05, 0.1) is 12.7 Å². The van der Waals surface area contributed by atoms with Crippen LogP contribution in [0.15, 0.2) is 24.5 Å². The Hall–Kier alpha value is -2.36. The third kappa shape index (κ3) is 6.69. The second-order valence-corrected chi connectivity index (χ2v) is 11.0. The Kier molecular flexibility index (Phi) is 9.45. The van der Waals surface area contributed by atoms with Gasteiger partial charge in [-0.25, -0.2) is 36.7 Å². The van der Waals surface area contributed by atoms with Crippen LogP contribution < -0.4 is 10.6 Å². The Labute approximate surface area is 239 Å². The second-order valence-electron chi connectivity index (χ2n) is 9.29. The normalized spacial score (nSPS) is 20.5. The molecule has 5 rings (SSSR count). The molecule has 7 nitrogen and oxygen atoms in total. The number of alkyl halides is 2. The number of hydrogen-bond acceptors (Lipinski definition) is 5. The maximum atomic E-state index is 14.9. The van der Waals surface area contributed by atoms with E-state index in [1.165, 1.54) is 15.2 Å². The predicted octanol–water partition coefficient (Wildman–Crippen LogP) is 7.16. The van der Waals surface area contributed by atoms with Crippen molar-refractivity contribution in [2.45, 2.75) is 64.0 Å². The summed E-state index contributed by atoms with van der Waals surface area (Å²) < 4.78 is 72.1. The molecule has 0 radical (unpaired) electrons. The highest BCUT2D eigenvalue weighted by atomic mass is 127. The fraction of sp³-hybridized carbons (Fsp3) is 0.480. The fourth-order valence-corrected chi connectivity index (χ4v) is 6.13. The lowest BCUT2D eigenvalue weighted by atomic mass is 9.91. The van der Waals surface area contributed by atoms with E-state index in [4.69, 9.17) is 0 Å². The fourth-order valence-electron chi connectivity index (χ4n) is 4.87. The van der Waals surface area contributed by atoms with Gasteiger partial charge in [-0.3, -0.25) is 3.97 Å². The summed E-state index contributed by atoms with van der Waals surface area (Å²) in [4.78, 5) is 21.8. The van der Waals surface area contributed by atoms with Gasteiger partial charge in [0.2, 0.25) is 0 Å². The van der Waals surface area contributed by atoms with Crippen molar-refractivity contribution < 1.29 is 26.7 Å². The summed E-state index contributed by atoms with van der Waals surface area (Å²) in [5, 5.41) is 6.15. The van der Waals surface area contributed by atoms with Crippen molar-refractivity contribution in [3.05, 3.63) is 42.0 Å². The maximum Gasteiger partial charge on any atom is 0.317 e. The number of rotatable bonds is 5. The average molecular weight is 683 g/mol. The molecule has 0 bridgehead atoms. The second kappa shape index (κ2) is 12.4. The monoisotopic (exact) mass is 682 g/mol. The van der Waals surface area contributed by atoms with Gasteiger partial charge in [0.15, 0.2) is 23.1 Å². The highest BCUT2D eigenvalue weighted by Crippen LogP contribution is 2.36. The van der Waals surface area contributed by atoms with Crippen LogP contribution in [0.5, 0.6) is 0 Å². The van der Waals surface area contributed by atoms with E-state index in [-0.39, 0.29) is 42.1 Å². The number of nitrogens with one attached hydrogen (secondary N) is 2. The minimum absolute atomic E-state index is 0.00733. The third-order valence-corrected chi connectivity index (χ3v) is 8.34. The lowest BCUT2D eigenvalue weighted by molar-refractivity contribution is 0.0152. The van der Waals surface area contributed by atoms with Gasteiger partial charge in [-0.05, 0) is 31.7 Å². The number of nitrogens with zero attached hydrogens (tertiary/aromatic N) is 4. The summed E-state index contributed by atoms with van der Waals surface area (Å²) >= 11 is 2.01. The smallest absolute Gasteiger partial charge is 0.317 e. The van der Waals surface area contributed by atoms with E-state index in [2.05, 4.69) is 20.6 Å². The molecule has 0 aromatic carbocycles. The van der Waals surface area contributed by atoms with Gasteiger partial charge < -0.3 is 15.5 Å². The molecule has 1 saturated carbocycles. The number of anilines is 1. The summed E-state index contributed by atoms with van der Waals surface area (Å²) in [6.07, 6.45) is 4.71. The van der Waals surface area contributed by atoms with Gasteiger partial charge in [-0.2, -0.15) is 0 Å². The van der Waals surface area contributed by atoms with Crippen LogP contribution in [0.4, 0.5) is 32.6 Å². The number of carbonyl (C=O) groups is 1. The van der Waals surface area contributed by atoms with Crippen LogP contribution in [0.2, 0.25) is 0 Å². The molecule has 2 aliphatic rings. The molecule has 212 valence electrons. The number of pyridine rings is 2. The Morgan fingerprint density at radius 1 is 1.15 bits per heavy atom. The highest BCUT2D eigenvalue weighted by molar-refractivity contribution is 14.2. The molecule has 2 N–H and O–H groups in total. The van der Waals surface area contributed by atoms with Crippen LogP contribution in [0.3, 0.4) is 0 Å². The number of aromatic nitrogens is 3. The van der Waals surface area contributed by atoms with Crippen molar-refractivity contribution >= 4 is 53.2 Å². The van der Waals surface area contributed by atoms with E-state index >= 15 is 0 Å². The number of likely N-dealkylation sites (tertiary alicyclic amines) is 1. The lowest BCUT2D eigenvalue weighted by Crippen LogP contribution is -2.47. The van der Waals surface area contributed by atoms with E-state index in [0.29, 0.717) is 36.7 Å². The van der Waals surface area contributed by atoms with Crippen LogP contribution in [0.1, 0.15) is 46.0 Å². The van der Waals surface area contributed by atoms with Crippen LogP contribution in [-0.4, -0.2) is 56.0 Å². The van der Waals surface area contributed by atoms with Crippen molar-refractivity contribution in [3.63, 3.8) is 0 Å². The summed E-state index contributed by atoms with van der Waals surface area (Å²) in [5.74, 6) is -5.43. The highest BCUT2D eigenvalue weighted by Gasteiger charge is 2.41. The van der Waals surface area contributed by atoms with Crippen molar-refractivity contribution in [1.82, 2.24) is 24.2 Å². The van der Waals surface area contributed by atoms with E-state index in [1.807, 2.05) is 35.1 Å². The zero-order valence-corrected chi connectivity index (χ0v) is 24.3. The minimum atomic E-state index is -2.87. The summed E-state index contributed by atoms with van der Waals surface area (Å²) in [7, 11) is 1.26. The Morgan fingerprint density at radius 3 is 2.59 bits per heavy atom. The lowest BCUT2D eigenvalue weighted by Gasteiger charge is -2.32. The average Bonchev–Trinajstić information content (AvgIpc) is 3.46. The molecule has 2 amide bonds. The van der Waals surface area contributed by atoms with Crippen LogP contribution >= 0.6 is 30.3 Å². The van der Waals surface area contributed by atoms with Crippen LogP contribution in [-0.2, 0) is 0 Å². The van der Waals surface area contributed by atoms with Gasteiger partial charge >= 0.3 is 6.03 Å². The van der Waals surface area contributed by atoms with Crippen LogP contribution in [0, 0.1) is 17.5 Å². The minimum Gasteiger partial charge on any atom is -0.365 e.